The van der Waals surface area contributed by atoms with Gasteiger partial charge in [-0.15, -0.1) is 0 Å². The van der Waals surface area contributed by atoms with Crippen LogP contribution >= 0.6 is 12.2 Å². The van der Waals surface area contributed by atoms with Crippen molar-refractivity contribution < 1.29 is 9.21 Å². The molecule has 0 aliphatic heterocycles. The number of furan rings is 1. The fraction of sp³-hybridized carbons (Fsp3) is 0.455. The fourth-order valence-electron chi connectivity index (χ4n) is 1.40. The van der Waals surface area contributed by atoms with Crippen LogP contribution in [0.15, 0.2) is 10.5 Å². The van der Waals surface area contributed by atoms with Crippen molar-refractivity contribution in [2.45, 2.75) is 26.8 Å². The molecule has 1 unspecified atom stereocenters. The molecule has 0 aromatic carbocycles. The van der Waals surface area contributed by atoms with Gasteiger partial charge in [0.15, 0.2) is 0 Å². The van der Waals surface area contributed by atoms with Crippen LogP contribution in [0.1, 0.15) is 28.8 Å². The average molecular weight is 240 g/mol. The molecular formula is C11H16N2O2S. The molecule has 0 saturated heterocycles. The summed E-state index contributed by atoms with van der Waals surface area (Å²) >= 11 is 4.86. The largest absolute Gasteiger partial charge is 0.466 e. The summed E-state index contributed by atoms with van der Waals surface area (Å²) in [5.74, 6) is 1.20. The van der Waals surface area contributed by atoms with Crippen molar-refractivity contribution in [2.24, 2.45) is 5.73 Å². The predicted molar refractivity (Wildman–Crippen MR) is 66.5 cm³/mol. The second-order valence-corrected chi connectivity index (χ2v) is 4.29. The van der Waals surface area contributed by atoms with Gasteiger partial charge in [-0.1, -0.05) is 12.2 Å². The van der Waals surface area contributed by atoms with Crippen molar-refractivity contribution in [1.82, 2.24) is 4.90 Å². The first-order valence-electron chi connectivity index (χ1n) is 4.98. The molecule has 0 radical (unpaired) electrons. The first kappa shape index (κ1) is 12.7. The Morgan fingerprint density at radius 3 is 2.50 bits per heavy atom. The van der Waals surface area contributed by atoms with Gasteiger partial charge in [-0.25, -0.2) is 0 Å². The highest BCUT2D eigenvalue weighted by Crippen LogP contribution is 2.16. The Kier molecular flexibility index (Phi) is 3.70. The van der Waals surface area contributed by atoms with Crippen molar-refractivity contribution in [2.75, 3.05) is 7.05 Å². The quantitative estimate of drug-likeness (QED) is 0.816. The molecule has 1 aromatic heterocycles. The van der Waals surface area contributed by atoms with E-state index >= 15 is 0 Å². The molecule has 1 amide bonds. The zero-order valence-corrected chi connectivity index (χ0v) is 10.7. The number of nitrogens with zero attached hydrogens (tertiary/aromatic N) is 1. The molecule has 0 fully saturated rings. The summed E-state index contributed by atoms with van der Waals surface area (Å²) in [6, 6.07) is 1.46. The van der Waals surface area contributed by atoms with E-state index in [9.17, 15) is 4.79 Å². The lowest BCUT2D eigenvalue weighted by Crippen LogP contribution is -2.42. The number of hydrogen-bond acceptors (Lipinski definition) is 3. The zero-order valence-electron chi connectivity index (χ0n) is 9.90. The molecule has 4 nitrogen and oxygen atoms in total. The van der Waals surface area contributed by atoms with E-state index < -0.39 is 0 Å². The highest BCUT2D eigenvalue weighted by atomic mass is 32.1. The Bertz CT molecular complexity index is 426. The van der Waals surface area contributed by atoms with Gasteiger partial charge in [-0.05, 0) is 26.8 Å². The normalized spacial score (nSPS) is 12.2. The molecule has 1 aromatic rings. The summed E-state index contributed by atoms with van der Waals surface area (Å²) in [7, 11) is 1.67. The molecule has 1 atom stereocenters. The molecule has 0 bridgehead atoms. The second kappa shape index (κ2) is 4.65. The molecule has 88 valence electrons. The molecule has 0 spiro atoms. The van der Waals surface area contributed by atoms with E-state index in [1.165, 1.54) is 4.90 Å². The minimum atomic E-state index is -0.267. The summed E-state index contributed by atoms with van der Waals surface area (Å²) in [6.07, 6.45) is 0. The van der Waals surface area contributed by atoms with E-state index in [-0.39, 0.29) is 11.9 Å². The van der Waals surface area contributed by atoms with Gasteiger partial charge in [-0.3, -0.25) is 4.79 Å². The topological polar surface area (TPSA) is 59.5 Å². The number of carbonyl (C=O) groups excluding carboxylic acids is 1. The minimum absolute atomic E-state index is 0.130. The Morgan fingerprint density at radius 2 is 2.12 bits per heavy atom. The van der Waals surface area contributed by atoms with Crippen LogP contribution in [0.3, 0.4) is 0 Å². The van der Waals surface area contributed by atoms with E-state index in [0.29, 0.717) is 16.3 Å². The maximum atomic E-state index is 12.1. The van der Waals surface area contributed by atoms with Crippen LogP contribution in [-0.2, 0) is 0 Å². The predicted octanol–water partition coefficient (Wildman–Crippen LogP) is 1.64. The van der Waals surface area contributed by atoms with Crippen LogP contribution in [-0.4, -0.2) is 28.9 Å². The molecule has 5 heteroatoms. The zero-order chi connectivity index (χ0) is 12.5. The van der Waals surface area contributed by atoms with E-state index in [1.807, 2.05) is 0 Å². The second-order valence-electron chi connectivity index (χ2n) is 3.82. The average Bonchev–Trinajstić information content (AvgIpc) is 2.54. The van der Waals surface area contributed by atoms with Gasteiger partial charge in [-0.2, -0.15) is 0 Å². The van der Waals surface area contributed by atoms with Gasteiger partial charge in [0, 0.05) is 7.05 Å². The SMILES string of the molecule is Cc1cc(C(=O)N(C)C(C)C(N)=S)c(C)o1. The van der Waals surface area contributed by atoms with Crippen LogP contribution in [0.25, 0.3) is 0 Å². The van der Waals surface area contributed by atoms with Crippen LogP contribution in [0.4, 0.5) is 0 Å². The number of aryl methyl sites for hydroxylation is 2. The van der Waals surface area contributed by atoms with Crippen LogP contribution in [0, 0.1) is 13.8 Å². The molecular weight excluding hydrogens is 224 g/mol. The van der Waals surface area contributed by atoms with Crippen molar-refractivity contribution in [3.8, 4) is 0 Å². The molecule has 1 heterocycles. The standard InChI is InChI=1S/C11H16N2O2S/c1-6-5-9(8(3)15-6)11(14)13(4)7(2)10(12)16/h5,7H,1-4H3,(H2,12,16). The Hall–Kier alpha value is -1.36. The summed E-state index contributed by atoms with van der Waals surface area (Å²) in [5, 5.41) is 0. The molecule has 2 N–H and O–H groups in total. The summed E-state index contributed by atoms with van der Waals surface area (Å²) in [6.45, 7) is 5.36. The minimum Gasteiger partial charge on any atom is -0.466 e. The highest BCUT2D eigenvalue weighted by Gasteiger charge is 2.22. The summed E-state index contributed by atoms with van der Waals surface area (Å²) in [5.41, 5.74) is 6.07. The fourth-order valence-corrected chi connectivity index (χ4v) is 1.56. The number of amides is 1. The van der Waals surface area contributed by atoms with E-state index in [4.69, 9.17) is 22.4 Å². The van der Waals surface area contributed by atoms with Crippen molar-refractivity contribution >= 4 is 23.1 Å². The maximum absolute atomic E-state index is 12.1. The first-order valence-corrected chi connectivity index (χ1v) is 5.39. The van der Waals surface area contributed by atoms with Crippen LogP contribution in [0.2, 0.25) is 0 Å². The molecule has 0 saturated carbocycles. The third kappa shape index (κ3) is 2.41. The van der Waals surface area contributed by atoms with Crippen LogP contribution in [0.5, 0.6) is 0 Å². The lowest BCUT2D eigenvalue weighted by Gasteiger charge is -2.23. The van der Waals surface area contributed by atoms with E-state index in [0.717, 1.165) is 5.76 Å². The van der Waals surface area contributed by atoms with Gasteiger partial charge in [0.1, 0.15) is 11.5 Å². The van der Waals surface area contributed by atoms with Gasteiger partial charge >= 0.3 is 0 Å². The molecule has 16 heavy (non-hydrogen) atoms. The maximum Gasteiger partial charge on any atom is 0.257 e. The van der Waals surface area contributed by atoms with Crippen molar-refractivity contribution in [3.63, 3.8) is 0 Å². The van der Waals surface area contributed by atoms with Crippen molar-refractivity contribution in [1.29, 1.82) is 0 Å². The van der Waals surface area contributed by atoms with Gasteiger partial charge < -0.3 is 15.1 Å². The number of nitrogens with two attached hydrogens (primary N) is 1. The number of carbonyl (C=O) groups is 1. The monoisotopic (exact) mass is 240 g/mol. The van der Waals surface area contributed by atoms with Gasteiger partial charge in [0.2, 0.25) is 0 Å². The van der Waals surface area contributed by atoms with Crippen LogP contribution < -0.4 is 5.73 Å². The van der Waals surface area contributed by atoms with E-state index in [2.05, 4.69) is 0 Å². The number of thiocarbonyl (C=S) groups is 1. The Balaban J connectivity index is 2.94. The lowest BCUT2D eigenvalue weighted by molar-refractivity contribution is 0.0777. The highest BCUT2D eigenvalue weighted by molar-refractivity contribution is 7.80. The molecule has 0 aliphatic carbocycles. The number of hydrogen-bond donors (Lipinski definition) is 1. The summed E-state index contributed by atoms with van der Waals surface area (Å²) in [4.78, 5) is 13.9. The third-order valence-corrected chi connectivity index (χ3v) is 2.93. The Morgan fingerprint density at radius 1 is 1.56 bits per heavy atom. The van der Waals surface area contributed by atoms with Crippen molar-refractivity contribution in [3.05, 3.63) is 23.2 Å². The number of likely N-dealkylation sites (N-methyl/N-ethyl adjacent to an activating group) is 1. The lowest BCUT2D eigenvalue weighted by atomic mass is 10.2. The molecule has 1 rings (SSSR count). The smallest absolute Gasteiger partial charge is 0.257 e. The number of rotatable bonds is 3. The van der Waals surface area contributed by atoms with Gasteiger partial charge in [0.05, 0.1) is 16.6 Å². The van der Waals surface area contributed by atoms with E-state index in [1.54, 1.807) is 33.9 Å². The summed E-state index contributed by atoms with van der Waals surface area (Å²) < 4.78 is 5.31. The Labute approximate surface area is 100 Å². The third-order valence-electron chi connectivity index (χ3n) is 2.58. The first-order chi connectivity index (χ1) is 7.34. The van der Waals surface area contributed by atoms with Gasteiger partial charge in [0.25, 0.3) is 5.91 Å². The molecule has 0 aliphatic rings.